The van der Waals surface area contributed by atoms with Crippen LogP contribution in [0.5, 0.6) is 17.2 Å². The third kappa shape index (κ3) is 6.66. The number of ether oxygens (including phenoxy) is 3. The van der Waals surface area contributed by atoms with Crippen LogP contribution in [0.15, 0.2) is 60.2 Å². The first-order valence-corrected chi connectivity index (χ1v) is 11.5. The molecule has 0 spiro atoms. The summed E-state index contributed by atoms with van der Waals surface area (Å²) in [6.45, 7) is 3.60. The molecule has 0 heterocycles. The molecule has 0 bridgehead atoms. The molecule has 0 aromatic heterocycles. The maximum atomic E-state index is 12.8. The topological polar surface area (TPSA) is 141 Å². The second-order valence-electron chi connectivity index (χ2n) is 7.76. The molecule has 11 heteroatoms. The maximum Gasteiger partial charge on any atom is 0.343 e. The number of esters is 1. The number of amides is 1. The van der Waals surface area contributed by atoms with E-state index in [1.807, 2.05) is 6.07 Å². The molecule has 3 aromatic carbocycles. The molecule has 38 heavy (non-hydrogen) atoms. The van der Waals surface area contributed by atoms with Crippen molar-refractivity contribution < 1.29 is 28.7 Å². The van der Waals surface area contributed by atoms with Gasteiger partial charge in [0.05, 0.1) is 34.9 Å². The number of methoxy groups -OCH3 is 1. The summed E-state index contributed by atoms with van der Waals surface area (Å²) in [7, 11) is 1.51. The number of nitro groups is 1. The minimum atomic E-state index is -0.778. The summed E-state index contributed by atoms with van der Waals surface area (Å²) in [6, 6.07) is 15.0. The highest BCUT2D eigenvalue weighted by molar-refractivity contribution is 6.32. The molecule has 0 fully saturated rings. The highest BCUT2D eigenvalue weighted by atomic mass is 35.5. The van der Waals surface area contributed by atoms with Crippen LogP contribution < -0.4 is 19.5 Å². The van der Waals surface area contributed by atoms with Crippen LogP contribution in [0.4, 0.5) is 11.4 Å². The summed E-state index contributed by atoms with van der Waals surface area (Å²) in [5, 5.41) is 23.2. The number of aryl methyl sites for hydroxylation is 1. The van der Waals surface area contributed by atoms with Gasteiger partial charge < -0.3 is 19.5 Å². The lowest BCUT2D eigenvalue weighted by molar-refractivity contribution is -0.384. The normalized spacial score (nSPS) is 10.8. The first-order chi connectivity index (χ1) is 18.2. The van der Waals surface area contributed by atoms with Gasteiger partial charge in [0.2, 0.25) is 0 Å². The Morgan fingerprint density at radius 2 is 1.87 bits per heavy atom. The van der Waals surface area contributed by atoms with Crippen LogP contribution in [-0.2, 0) is 4.79 Å². The van der Waals surface area contributed by atoms with E-state index in [1.54, 1.807) is 26.0 Å². The van der Waals surface area contributed by atoms with Crippen molar-refractivity contribution in [2.75, 3.05) is 19.0 Å². The van der Waals surface area contributed by atoms with Crippen LogP contribution in [0.25, 0.3) is 6.08 Å². The van der Waals surface area contributed by atoms with Gasteiger partial charge in [0.1, 0.15) is 17.4 Å². The third-order valence-corrected chi connectivity index (χ3v) is 5.49. The third-order valence-electron chi connectivity index (χ3n) is 5.21. The van der Waals surface area contributed by atoms with Gasteiger partial charge in [0.15, 0.2) is 11.5 Å². The van der Waals surface area contributed by atoms with E-state index in [-0.39, 0.29) is 45.6 Å². The number of nitriles is 1. The predicted octanol–water partition coefficient (Wildman–Crippen LogP) is 5.73. The number of carbonyl (C=O) groups is 2. The molecule has 0 aliphatic heterocycles. The van der Waals surface area contributed by atoms with Crippen molar-refractivity contribution in [1.82, 2.24) is 0 Å². The molecular weight excluding hydrogens is 514 g/mol. The fraction of sp³-hybridized carbons (Fsp3) is 0.148. The molecule has 0 atom stereocenters. The number of rotatable bonds is 9. The van der Waals surface area contributed by atoms with E-state index in [9.17, 15) is 25.0 Å². The minimum Gasteiger partial charge on any atom is -0.497 e. The Kier molecular flexibility index (Phi) is 9.03. The molecule has 1 amide bonds. The fourth-order valence-electron chi connectivity index (χ4n) is 3.28. The minimum absolute atomic E-state index is 0.0105. The molecule has 0 unspecified atom stereocenters. The second kappa shape index (κ2) is 12.4. The molecule has 0 saturated heterocycles. The summed E-state index contributed by atoms with van der Waals surface area (Å²) < 4.78 is 16.2. The molecule has 0 aliphatic rings. The molecule has 0 radical (unpaired) electrons. The van der Waals surface area contributed by atoms with Gasteiger partial charge in [-0.25, -0.2) is 4.79 Å². The summed E-state index contributed by atoms with van der Waals surface area (Å²) in [5.41, 5.74) is 0.849. The Bertz CT molecular complexity index is 1460. The number of hydrogen-bond donors (Lipinski definition) is 1. The molecule has 3 aromatic rings. The van der Waals surface area contributed by atoms with E-state index in [4.69, 9.17) is 25.8 Å². The van der Waals surface area contributed by atoms with Crippen LogP contribution in [0.1, 0.15) is 28.4 Å². The number of non-ortho nitro benzene ring substituents is 1. The summed E-state index contributed by atoms with van der Waals surface area (Å²) in [6.07, 6.45) is 1.27. The molecule has 194 valence electrons. The van der Waals surface area contributed by atoms with E-state index < -0.39 is 16.8 Å². The van der Waals surface area contributed by atoms with Gasteiger partial charge in [-0.05, 0) is 67.4 Å². The number of carbonyl (C=O) groups excluding carboxylic acids is 2. The zero-order valence-electron chi connectivity index (χ0n) is 20.6. The first-order valence-electron chi connectivity index (χ1n) is 11.2. The van der Waals surface area contributed by atoms with Crippen molar-refractivity contribution in [3.8, 4) is 23.3 Å². The monoisotopic (exact) mass is 535 g/mol. The number of nitro benzene ring substituents is 1. The second-order valence-corrected chi connectivity index (χ2v) is 8.17. The van der Waals surface area contributed by atoms with E-state index >= 15 is 0 Å². The van der Waals surface area contributed by atoms with Crippen molar-refractivity contribution in [1.29, 1.82) is 5.26 Å². The summed E-state index contributed by atoms with van der Waals surface area (Å²) in [5.74, 6) is -0.783. The standard InChI is InChI=1S/C27H22ClN3O7/c1-4-37-24-13-17(12-22(28)25(24)38-27(33)18-6-9-21(36-3)10-7-18)11-19(15-29)26(32)30-23-14-20(31(34)35)8-5-16(23)2/h5-14H,4H2,1-3H3,(H,30,32)/b19-11+. The van der Waals surface area contributed by atoms with Crippen LogP contribution in [0.3, 0.4) is 0 Å². The number of benzene rings is 3. The molecule has 1 N–H and O–H groups in total. The van der Waals surface area contributed by atoms with Crippen molar-refractivity contribution in [3.05, 3.63) is 92.0 Å². The maximum absolute atomic E-state index is 12.8. The largest absolute Gasteiger partial charge is 0.497 e. The Labute approximate surface area is 223 Å². The molecule has 10 nitrogen and oxygen atoms in total. The average Bonchev–Trinajstić information content (AvgIpc) is 2.90. The lowest BCUT2D eigenvalue weighted by atomic mass is 10.1. The van der Waals surface area contributed by atoms with Gasteiger partial charge in [0.25, 0.3) is 11.6 Å². The van der Waals surface area contributed by atoms with Crippen molar-refractivity contribution in [2.24, 2.45) is 0 Å². The van der Waals surface area contributed by atoms with Crippen LogP contribution in [0, 0.1) is 28.4 Å². The van der Waals surface area contributed by atoms with E-state index in [0.717, 1.165) is 0 Å². The van der Waals surface area contributed by atoms with Crippen LogP contribution in [-0.4, -0.2) is 30.5 Å². The fourth-order valence-corrected chi connectivity index (χ4v) is 3.53. The zero-order valence-corrected chi connectivity index (χ0v) is 21.4. The number of halogens is 1. The highest BCUT2D eigenvalue weighted by Crippen LogP contribution is 2.38. The molecule has 0 aliphatic carbocycles. The Hall–Kier alpha value is -4.88. The Balaban J connectivity index is 1.89. The van der Waals surface area contributed by atoms with Crippen LogP contribution >= 0.6 is 11.6 Å². The van der Waals surface area contributed by atoms with Gasteiger partial charge in [-0.2, -0.15) is 5.26 Å². The SMILES string of the molecule is CCOc1cc(/C=C(\C#N)C(=O)Nc2cc([N+](=O)[O-])ccc2C)cc(Cl)c1OC(=O)c1ccc(OC)cc1. The Morgan fingerprint density at radius 3 is 2.47 bits per heavy atom. The van der Waals surface area contributed by atoms with E-state index in [2.05, 4.69) is 5.32 Å². The molecule has 3 rings (SSSR count). The number of nitrogens with one attached hydrogen (secondary N) is 1. The van der Waals surface area contributed by atoms with Gasteiger partial charge in [-0.3, -0.25) is 14.9 Å². The highest BCUT2D eigenvalue weighted by Gasteiger charge is 2.19. The zero-order chi connectivity index (χ0) is 27.8. The molecule has 0 saturated carbocycles. The average molecular weight is 536 g/mol. The van der Waals surface area contributed by atoms with E-state index in [0.29, 0.717) is 16.9 Å². The van der Waals surface area contributed by atoms with Gasteiger partial charge in [-0.1, -0.05) is 17.7 Å². The first kappa shape index (κ1) is 27.7. The quantitative estimate of drug-likeness (QED) is 0.0914. The van der Waals surface area contributed by atoms with Crippen molar-refractivity contribution in [2.45, 2.75) is 13.8 Å². The summed E-state index contributed by atoms with van der Waals surface area (Å²) in [4.78, 5) is 35.9. The van der Waals surface area contributed by atoms with Gasteiger partial charge >= 0.3 is 5.97 Å². The number of hydrogen-bond acceptors (Lipinski definition) is 8. The lowest BCUT2D eigenvalue weighted by Crippen LogP contribution is -2.14. The smallest absolute Gasteiger partial charge is 0.343 e. The van der Waals surface area contributed by atoms with Gasteiger partial charge in [0, 0.05) is 12.1 Å². The lowest BCUT2D eigenvalue weighted by Gasteiger charge is -2.14. The Morgan fingerprint density at radius 1 is 1.16 bits per heavy atom. The van der Waals surface area contributed by atoms with Gasteiger partial charge in [-0.15, -0.1) is 0 Å². The number of nitrogens with zero attached hydrogens (tertiary/aromatic N) is 2. The summed E-state index contributed by atoms with van der Waals surface area (Å²) >= 11 is 6.40. The van der Waals surface area contributed by atoms with Crippen molar-refractivity contribution >= 4 is 40.9 Å². The molecular formula is C27H22ClN3O7. The van der Waals surface area contributed by atoms with Crippen LogP contribution in [0.2, 0.25) is 5.02 Å². The predicted molar refractivity (Wildman–Crippen MR) is 141 cm³/mol. The number of anilines is 1. The van der Waals surface area contributed by atoms with E-state index in [1.165, 1.54) is 55.7 Å². The van der Waals surface area contributed by atoms with Crippen molar-refractivity contribution in [3.63, 3.8) is 0 Å².